The number of hydrogen-bond acceptors (Lipinski definition) is 9. The molecule has 1 aliphatic carbocycles. The van der Waals surface area contributed by atoms with Gasteiger partial charge in [0.2, 0.25) is 5.91 Å². The molecule has 1 atom stereocenters. The maximum absolute atomic E-state index is 13.6. The number of thiophene rings is 1. The minimum absolute atomic E-state index is 0.0226. The molecule has 224 valence electrons. The smallest absolute Gasteiger partial charge is 0.341 e. The zero-order valence-corrected chi connectivity index (χ0v) is 25.4. The Kier molecular flexibility index (Phi) is 9.41. The molecule has 1 aliphatic rings. The number of hydrogen-bond donors (Lipinski definition) is 2. The predicted molar refractivity (Wildman–Crippen MR) is 162 cm³/mol. The molecule has 0 bridgehead atoms. The summed E-state index contributed by atoms with van der Waals surface area (Å²) in [5.41, 5.74) is 2.18. The van der Waals surface area contributed by atoms with Gasteiger partial charge < -0.3 is 20.1 Å². The summed E-state index contributed by atoms with van der Waals surface area (Å²) in [5, 5.41) is 14.6. The number of ether oxygens (including phenoxy) is 2. The van der Waals surface area contributed by atoms with Gasteiger partial charge in [0.15, 0.2) is 11.0 Å². The number of rotatable bonds is 11. The first-order chi connectivity index (χ1) is 20.8. The molecule has 2 N–H and O–H groups in total. The van der Waals surface area contributed by atoms with Gasteiger partial charge in [0.1, 0.15) is 16.6 Å². The van der Waals surface area contributed by atoms with Gasteiger partial charge in [-0.2, -0.15) is 0 Å². The van der Waals surface area contributed by atoms with E-state index in [1.807, 2.05) is 18.2 Å². The highest BCUT2D eigenvalue weighted by Crippen LogP contribution is 2.40. The van der Waals surface area contributed by atoms with Crippen molar-refractivity contribution in [3.8, 4) is 11.4 Å². The third-order valence-electron chi connectivity index (χ3n) is 6.81. The van der Waals surface area contributed by atoms with Gasteiger partial charge in [-0.1, -0.05) is 30.0 Å². The largest absolute Gasteiger partial charge is 0.495 e. The quantitative estimate of drug-likeness (QED) is 0.173. The minimum Gasteiger partial charge on any atom is -0.495 e. The number of para-hydroxylation sites is 2. The molecule has 2 aromatic carbocycles. The summed E-state index contributed by atoms with van der Waals surface area (Å²) in [6.07, 6.45) is 2.62. The number of esters is 1. The normalized spacial score (nSPS) is 12.8. The molecule has 0 fully saturated rings. The van der Waals surface area contributed by atoms with Crippen LogP contribution in [0.15, 0.2) is 53.7 Å². The molecular formula is C30H30FN5O5S2. The van der Waals surface area contributed by atoms with E-state index in [1.54, 1.807) is 24.5 Å². The Morgan fingerprint density at radius 1 is 1.14 bits per heavy atom. The number of thioether (sulfide) groups is 1. The minimum atomic E-state index is -0.639. The number of carbonyl (C=O) groups excluding carboxylic acids is 3. The first-order valence-corrected chi connectivity index (χ1v) is 15.4. The fraction of sp³-hybridized carbons (Fsp3) is 0.300. The summed E-state index contributed by atoms with van der Waals surface area (Å²) in [4.78, 5) is 40.0. The fourth-order valence-electron chi connectivity index (χ4n) is 4.78. The molecule has 0 radical (unpaired) electrons. The number of nitrogens with zero attached hydrogens (tertiary/aromatic N) is 3. The van der Waals surface area contributed by atoms with Crippen LogP contribution in [0.2, 0.25) is 0 Å². The van der Waals surface area contributed by atoms with E-state index in [2.05, 4.69) is 20.8 Å². The van der Waals surface area contributed by atoms with E-state index in [-0.39, 0.29) is 24.6 Å². The molecule has 13 heteroatoms. The number of aromatic nitrogens is 3. The van der Waals surface area contributed by atoms with Crippen LogP contribution in [-0.2, 0) is 28.9 Å². The summed E-state index contributed by atoms with van der Waals surface area (Å²) in [5.74, 6) is -0.826. The number of aryl methyl sites for hydroxylation is 1. The van der Waals surface area contributed by atoms with Crippen LogP contribution in [0.4, 0.5) is 9.39 Å². The van der Waals surface area contributed by atoms with E-state index >= 15 is 0 Å². The number of anilines is 1. The molecule has 2 amide bonds. The molecule has 0 aliphatic heterocycles. The van der Waals surface area contributed by atoms with E-state index in [0.29, 0.717) is 33.0 Å². The van der Waals surface area contributed by atoms with E-state index in [9.17, 15) is 18.8 Å². The topological polar surface area (TPSA) is 124 Å². The summed E-state index contributed by atoms with van der Waals surface area (Å²) in [6, 6.07) is 12.6. The van der Waals surface area contributed by atoms with E-state index in [1.165, 1.54) is 48.4 Å². The lowest BCUT2D eigenvalue weighted by Crippen LogP contribution is -2.25. The molecular weight excluding hydrogens is 593 g/mol. The molecule has 0 saturated carbocycles. The van der Waals surface area contributed by atoms with Crippen molar-refractivity contribution in [1.29, 1.82) is 0 Å². The third-order valence-corrected chi connectivity index (χ3v) is 9.06. The van der Waals surface area contributed by atoms with Crippen LogP contribution in [0, 0.1) is 5.82 Å². The average Bonchev–Trinajstić information content (AvgIpc) is 3.70. The number of nitrogens with one attached hydrogen (secondary N) is 2. The zero-order chi connectivity index (χ0) is 30.5. The Balaban J connectivity index is 1.39. The van der Waals surface area contributed by atoms with Gasteiger partial charge in [0, 0.05) is 10.4 Å². The lowest BCUT2D eigenvalue weighted by molar-refractivity contribution is -0.115. The van der Waals surface area contributed by atoms with Crippen molar-refractivity contribution >= 4 is 45.9 Å². The van der Waals surface area contributed by atoms with Crippen molar-refractivity contribution in [3.63, 3.8) is 0 Å². The Morgan fingerprint density at radius 2 is 1.95 bits per heavy atom. The van der Waals surface area contributed by atoms with E-state index in [0.717, 1.165) is 35.8 Å². The van der Waals surface area contributed by atoms with Gasteiger partial charge in [-0.15, -0.1) is 21.5 Å². The van der Waals surface area contributed by atoms with Gasteiger partial charge in [-0.05, 0) is 69.0 Å². The van der Waals surface area contributed by atoms with Crippen molar-refractivity contribution in [1.82, 2.24) is 20.1 Å². The highest BCUT2D eigenvalue weighted by molar-refractivity contribution is 8.00. The van der Waals surface area contributed by atoms with Crippen LogP contribution in [0.25, 0.3) is 5.69 Å². The SMILES string of the molecule is CCOC(=O)c1c(NC(=O)[C@H](C)Sc2nnc(CNC(=O)c3cccc(F)c3)n2-c2ccccc2OC)sc2c1CCC2. The molecule has 2 heterocycles. The first kappa shape index (κ1) is 30.2. The van der Waals surface area contributed by atoms with Gasteiger partial charge in [-0.25, -0.2) is 9.18 Å². The Labute approximate surface area is 256 Å². The van der Waals surface area contributed by atoms with E-state index in [4.69, 9.17) is 9.47 Å². The van der Waals surface area contributed by atoms with Crippen LogP contribution in [0.3, 0.4) is 0 Å². The molecule has 4 aromatic rings. The molecule has 0 saturated heterocycles. The summed E-state index contributed by atoms with van der Waals surface area (Å²) in [6.45, 7) is 3.70. The Morgan fingerprint density at radius 3 is 2.72 bits per heavy atom. The predicted octanol–water partition coefficient (Wildman–Crippen LogP) is 5.19. The van der Waals surface area contributed by atoms with Gasteiger partial charge in [0.05, 0.1) is 36.8 Å². The van der Waals surface area contributed by atoms with Crippen LogP contribution in [0.1, 0.15) is 57.2 Å². The van der Waals surface area contributed by atoms with Crippen LogP contribution < -0.4 is 15.4 Å². The third kappa shape index (κ3) is 6.57. The monoisotopic (exact) mass is 623 g/mol. The number of fused-ring (bicyclic) bond motifs is 1. The number of halogens is 1. The Bertz CT molecular complexity index is 1670. The molecule has 2 aromatic heterocycles. The lowest BCUT2D eigenvalue weighted by atomic mass is 10.1. The first-order valence-electron chi connectivity index (χ1n) is 13.7. The van der Waals surface area contributed by atoms with Crippen molar-refractivity contribution < 1.29 is 28.2 Å². The number of methoxy groups -OCH3 is 1. The zero-order valence-electron chi connectivity index (χ0n) is 23.8. The second-order valence-corrected chi connectivity index (χ2v) is 12.0. The molecule has 5 rings (SSSR count). The summed E-state index contributed by atoms with van der Waals surface area (Å²) < 4.78 is 26.2. The molecule has 0 spiro atoms. The Hall–Kier alpha value is -4.23. The lowest BCUT2D eigenvalue weighted by Gasteiger charge is -2.16. The van der Waals surface area contributed by atoms with Crippen LogP contribution in [-0.4, -0.2) is 51.5 Å². The molecule has 43 heavy (non-hydrogen) atoms. The second-order valence-electron chi connectivity index (χ2n) is 9.63. The van der Waals surface area contributed by atoms with Crippen LogP contribution >= 0.6 is 23.1 Å². The maximum Gasteiger partial charge on any atom is 0.341 e. The molecule has 10 nitrogen and oxygen atoms in total. The van der Waals surface area contributed by atoms with Gasteiger partial charge >= 0.3 is 5.97 Å². The van der Waals surface area contributed by atoms with Crippen molar-refractivity contribution in [2.24, 2.45) is 0 Å². The van der Waals surface area contributed by atoms with Crippen molar-refractivity contribution in [2.45, 2.75) is 50.1 Å². The highest BCUT2D eigenvalue weighted by Gasteiger charge is 2.30. The van der Waals surface area contributed by atoms with Gasteiger partial charge in [-0.3, -0.25) is 14.2 Å². The number of carbonyl (C=O) groups is 3. The number of amides is 2. The number of benzene rings is 2. The van der Waals surface area contributed by atoms with Crippen molar-refractivity contribution in [2.75, 3.05) is 19.0 Å². The summed E-state index contributed by atoms with van der Waals surface area (Å²) in [7, 11) is 1.54. The van der Waals surface area contributed by atoms with Gasteiger partial charge in [0.25, 0.3) is 5.91 Å². The summed E-state index contributed by atoms with van der Waals surface area (Å²) >= 11 is 2.58. The van der Waals surface area contributed by atoms with Crippen LogP contribution in [0.5, 0.6) is 5.75 Å². The molecule has 0 unspecified atom stereocenters. The standard InChI is InChI=1S/C30H30FN5O5S2/c1-4-41-29(39)25-20-11-8-14-23(20)43-28(25)33-26(37)17(2)42-30-35-34-24(36(30)21-12-5-6-13-22(21)40-3)16-32-27(38)18-9-7-10-19(31)15-18/h5-7,9-10,12-13,15,17H,4,8,11,14,16H2,1-3H3,(H,32,38)(H,33,37)/t17-/m0/s1. The second kappa shape index (κ2) is 13.4. The maximum atomic E-state index is 13.6. The van der Waals surface area contributed by atoms with E-state index < -0.39 is 22.9 Å². The highest BCUT2D eigenvalue weighted by atomic mass is 32.2. The average molecular weight is 624 g/mol. The van der Waals surface area contributed by atoms with Crippen molar-refractivity contribution in [3.05, 3.63) is 81.7 Å². The fourth-order valence-corrected chi connectivity index (χ4v) is 6.94.